The van der Waals surface area contributed by atoms with Gasteiger partial charge in [0.2, 0.25) is 0 Å². The summed E-state index contributed by atoms with van der Waals surface area (Å²) in [6, 6.07) is 1.05. The van der Waals surface area contributed by atoms with Crippen LogP contribution in [-0.4, -0.2) is 55.7 Å². The van der Waals surface area contributed by atoms with Gasteiger partial charge in [-0.2, -0.15) is 13.2 Å². The second kappa shape index (κ2) is 6.78. The third-order valence-corrected chi connectivity index (χ3v) is 5.95. The highest BCUT2D eigenvalue weighted by Gasteiger charge is 2.42. The normalized spacial score (nSPS) is 21.6. The minimum absolute atomic E-state index is 0.133. The molecule has 3 aromatic rings. The maximum absolute atomic E-state index is 13.1. The molecule has 0 amide bonds. The van der Waals surface area contributed by atoms with E-state index < -0.39 is 11.9 Å². The van der Waals surface area contributed by atoms with Crippen LogP contribution in [0, 0.1) is 18.8 Å². The summed E-state index contributed by atoms with van der Waals surface area (Å²) in [7, 11) is 0. The Morgan fingerprint density at radius 2 is 1.70 bits per heavy atom. The third kappa shape index (κ3) is 3.12. The predicted octanol–water partition coefficient (Wildman–Crippen LogP) is 2.54. The number of fused-ring (bicyclic) bond motifs is 2. The number of nitrogens with zero attached hydrogens (tertiary/aromatic N) is 8. The van der Waals surface area contributed by atoms with E-state index in [-0.39, 0.29) is 5.82 Å². The van der Waals surface area contributed by atoms with Gasteiger partial charge in [0.15, 0.2) is 17.0 Å². The maximum Gasteiger partial charge on any atom is 0.433 e. The molecule has 0 aromatic carbocycles. The second-order valence-corrected chi connectivity index (χ2v) is 7.89. The van der Waals surface area contributed by atoms with Gasteiger partial charge in [-0.25, -0.2) is 24.9 Å². The Balaban J connectivity index is 1.35. The molecule has 0 aliphatic carbocycles. The quantitative estimate of drug-likeness (QED) is 0.647. The number of hydrogen-bond donors (Lipinski definition) is 0. The van der Waals surface area contributed by atoms with E-state index >= 15 is 0 Å². The zero-order chi connectivity index (χ0) is 21.0. The first kappa shape index (κ1) is 19.0. The van der Waals surface area contributed by atoms with Crippen molar-refractivity contribution in [2.24, 2.45) is 11.8 Å². The number of halogens is 3. The molecule has 8 nitrogen and oxygen atoms in total. The lowest BCUT2D eigenvalue weighted by atomic mass is 10.0. The maximum atomic E-state index is 13.1. The summed E-state index contributed by atoms with van der Waals surface area (Å²) in [4.78, 5) is 25.3. The molecule has 0 saturated carbocycles. The molecule has 30 heavy (non-hydrogen) atoms. The topological polar surface area (TPSA) is 75.9 Å². The number of alkyl halides is 3. The fraction of sp³-hybridized carbons (Fsp3) is 0.526. The molecule has 3 aromatic heterocycles. The van der Waals surface area contributed by atoms with Crippen molar-refractivity contribution in [2.75, 3.05) is 36.0 Å². The van der Waals surface area contributed by atoms with Gasteiger partial charge in [0.25, 0.3) is 0 Å². The minimum atomic E-state index is -4.48. The predicted molar refractivity (Wildman–Crippen MR) is 104 cm³/mol. The van der Waals surface area contributed by atoms with E-state index in [4.69, 9.17) is 0 Å². The Labute approximate surface area is 170 Å². The number of imidazole rings is 1. The van der Waals surface area contributed by atoms with Gasteiger partial charge < -0.3 is 14.4 Å². The summed E-state index contributed by atoms with van der Waals surface area (Å²) in [6.45, 7) is 7.19. The Morgan fingerprint density at radius 1 is 1.00 bits per heavy atom. The van der Waals surface area contributed by atoms with Crippen LogP contribution in [0.1, 0.15) is 18.4 Å². The van der Waals surface area contributed by atoms with Crippen LogP contribution in [0.5, 0.6) is 0 Å². The van der Waals surface area contributed by atoms with Crippen LogP contribution >= 0.6 is 0 Å². The molecule has 0 radical (unpaired) electrons. The second-order valence-electron chi connectivity index (χ2n) is 7.89. The fourth-order valence-electron chi connectivity index (χ4n) is 4.54. The smallest absolute Gasteiger partial charge is 0.356 e. The van der Waals surface area contributed by atoms with E-state index in [1.54, 1.807) is 12.7 Å². The van der Waals surface area contributed by atoms with Gasteiger partial charge in [-0.05, 0) is 13.8 Å². The summed E-state index contributed by atoms with van der Waals surface area (Å²) in [5.74, 6) is 1.96. The highest BCUT2D eigenvalue weighted by atomic mass is 19.4. The molecule has 0 spiro atoms. The van der Waals surface area contributed by atoms with Gasteiger partial charge in [0, 0.05) is 50.6 Å². The standard InChI is InChI=1S/C19H21F3N8/c1-3-28-10-25-16-17(28)23-9-24-18(16)30-7-12-5-29(6-13(12)8-30)15-4-14(19(20,21)22)26-11(2)27-15/h4,9-10,12-13H,3,5-8H2,1-2H3. The molecular weight excluding hydrogens is 397 g/mol. The van der Waals surface area contributed by atoms with Crippen molar-refractivity contribution in [3.05, 3.63) is 30.2 Å². The van der Waals surface area contributed by atoms with Gasteiger partial charge in [0.05, 0.1) is 6.33 Å². The highest BCUT2D eigenvalue weighted by Crippen LogP contribution is 2.37. The summed E-state index contributed by atoms with van der Waals surface area (Å²) >= 11 is 0. The Hall–Kier alpha value is -2.98. The van der Waals surface area contributed by atoms with Crippen molar-refractivity contribution in [3.63, 3.8) is 0 Å². The van der Waals surface area contributed by atoms with Crippen LogP contribution in [-0.2, 0) is 12.7 Å². The van der Waals surface area contributed by atoms with E-state index in [2.05, 4.69) is 29.8 Å². The number of rotatable bonds is 3. The van der Waals surface area contributed by atoms with Crippen molar-refractivity contribution in [2.45, 2.75) is 26.6 Å². The van der Waals surface area contributed by atoms with Crippen molar-refractivity contribution < 1.29 is 13.2 Å². The minimum Gasteiger partial charge on any atom is -0.356 e. The molecule has 2 fully saturated rings. The molecule has 5 rings (SSSR count). The SMILES string of the molecule is CCn1cnc2c(N3CC4CN(c5cc(C(F)(F)F)nc(C)n5)CC4C3)ncnc21. The molecule has 2 unspecified atom stereocenters. The fourth-order valence-corrected chi connectivity index (χ4v) is 4.54. The van der Waals surface area contributed by atoms with Crippen LogP contribution in [0.25, 0.3) is 11.2 Å². The molecule has 2 aliphatic rings. The molecule has 2 saturated heterocycles. The Bertz CT molecular complexity index is 1080. The molecule has 11 heteroatoms. The van der Waals surface area contributed by atoms with Crippen LogP contribution in [0.3, 0.4) is 0 Å². The largest absolute Gasteiger partial charge is 0.433 e. The Morgan fingerprint density at radius 3 is 2.37 bits per heavy atom. The van der Waals surface area contributed by atoms with E-state index in [1.807, 2.05) is 16.4 Å². The van der Waals surface area contributed by atoms with E-state index in [9.17, 15) is 13.2 Å². The molecule has 5 heterocycles. The zero-order valence-corrected chi connectivity index (χ0v) is 16.6. The summed E-state index contributed by atoms with van der Waals surface area (Å²) < 4.78 is 41.4. The van der Waals surface area contributed by atoms with Crippen molar-refractivity contribution in [1.29, 1.82) is 0 Å². The number of anilines is 2. The van der Waals surface area contributed by atoms with Gasteiger partial charge in [-0.15, -0.1) is 0 Å². The first-order valence-electron chi connectivity index (χ1n) is 9.92. The van der Waals surface area contributed by atoms with Gasteiger partial charge in [-0.1, -0.05) is 0 Å². The number of aromatic nitrogens is 6. The van der Waals surface area contributed by atoms with E-state index in [0.717, 1.165) is 42.7 Å². The average molecular weight is 418 g/mol. The summed E-state index contributed by atoms with van der Waals surface area (Å²) in [6.07, 6.45) is -1.14. The van der Waals surface area contributed by atoms with Crippen LogP contribution < -0.4 is 9.80 Å². The number of hydrogen-bond acceptors (Lipinski definition) is 7. The Kier molecular flexibility index (Phi) is 4.30. The molecule has 0 bridgehead atoms. The average Bonchev–Trinajstić information content (AvgIpc) is 3.39. The van der Waals surface area contributed by atoms with Crippen molar-refractivity contribution in [3.8, 4) is 0 Å². The van der Waals surface area contributed by atoms with Gasteiger partial charge in [0.1, 0.15) is 23.7 Å². The van der Waals surface area contributed by atoms with E-state index in [0.29, 0.717) is 30.7 Å². The van der Waals surface area contributed by atoms with Crippen molar-refractivity contribution >= 4 is 22.8 Å². The molecule has 158 valence electrons. The van der Waals surface area contributed by atoms with Crippen molar-refractivity contribution in [1.82, 2.24) is 29.5 Å². The highest BCUT2D eigenvalue weighted by molar-refractivity contribution is 5.83. The van der Waals surface area contributed by atoms with Crippen LogP contribution in [0.2, 0.25) is 0 Å². The molecule has 2 aliphatic heterocycles. The monoisotopic (exact) mass is 418 g/mol. The molecule has 0 N–H and O–H groups in total. The lowest BCUT2D eigenvalue weighted by Crippen LogP contribution is -2.30. The third-order valence-electron chi connectivity index (χ3n) is 5.95. The summed E-state index contributed by atoms with van der Waals surface area (Å²) in [5, 5.41) is 0. The first-order valence-corrected chi connectivity index (χ1v) is 9.92. The lowest BCUT2D eigenvalue weighted by Gasteiger charge is -2.23. The first-order chi connectivity index (χ1) is 14.3. The van der Waals surface area contributed by atoms with Gasteiger partial charge in [-0.3, -0.25) is 0 Å². The molecule has 2 atom stereocenters. The lowest BCUT2D eigenvalue weighted by molar-refractivity contribution is -0.141. The molecular formula is C19H21F3N8. The zero-order valence-electron chi connectivity index (χ0n) is 16.6. The van der Waals surface area contributed by atoms with Crippen LogP contribution in [0.15, 0.2) is 18.7 Å². The van der Waals surface area contributed by atoms with E-state index in [1.165, 1.54) is 6.92 Å². The number of aryl methyl sites for hydroxylation is 2. The van der Waals surface area contributed by atoms with Gasteiger partial charge >= 0.3 is 6.18 Å². The van der Waals surface area contributed by atoms with Crippen LogP contribution in [0.4, 0.5) is 24.8 Å². The summed E-state index contributed by atoms with van der Waals surface area (Å²) in [5.41, 5.74) is 0.716.